The summed E-state index contributed by atoms with van der Waals surface area (Å²) >= 11 is 4.06. The smallest absolute Gasteiger partial charge is 0.406 e. The number of rotatable bonds is 25. The summed E-state index contributed by atoms with van der Waals surface area (Å²) in [7, 11) is 9.75. The average molecular weight is 751 g/mol. The van der Waals surface area contributed by atoms with Crippen LogP contribution in [0.4, 0.5) is 9.59 Å². The van der Waals surface area contributed by atoms with Crippen LogP contribution in [0.3, 0.4) is 0 Å². The second kappa shape index (κ2) is 31.4. The Labute approximate surface area is 299 Å². The van der Waals surface area contributed by atoms with Crippen molar-refractivity contribution in [2.45, 2.75) is 41.8 Å². The number of hydrogen-bond donors (Lipinski definition) is 3. The van der Waals surface area contributed by atoms with Gasteiger partial charge in [0.05, 0.1) is 26.4 Å². The fraction of sp³-hybridized carbons (Fsp3) is 0.567. The molecule has 0 radical (unpaired) electrons. The monoisotopic (exact) mass is 750 g/mol. The number of thiol groups is 1. The standard InChI is InChI=1S/C16H20N2O2S4.C14H26N2O6S/c1-3-7-17-15(5-1)23-21-13-11-19-9-10-20-12-14-22-24-16-6-2-4-8-18-16;1-15-13(18)21-9-12(10-22-14(19)16-2)20-7-3-5-11(17)6-4-8-23/h1-8H,9-14H2;12,23H,3-10H2,1-2H3,(H,15,18)(H,16,19). The Morgan fingerprint density at radius 3 is 1.70 bits per heavy atom. The van der Waals surface area contributed by atoms with E-state index in [2.05, 4.69) is 33.2 Å². The lowest BCUT2D eigenvalue weighted by Gasteiger charge is -2.17. The summed E-state index contributed by atoms with van der Waals surface area (Å²) in [5.41, 5.74) is 0. The van der Waals surface area contributed by atoms with E-state index in [1.165, 1.54) is 14.1 Å². The van der Waals surface area contributed by atoms with Gasteiger partial charge in [0.2, 0.25) is 0 Å². The van der Waals surface area contributed by atoms with Gasteiger partial charge in [-0.25, -0.2) is 19.6 Å². The number of nitrogens with one attached hydrogen (secondary N) is 2. The Bertz CT molecular complexity index is 998. The first-order valence-electron chi connectivity index (χ1n) is 15.0. The van der Waals surface area contributed by atoms with E-state index in [1.807, 2.05) is 48.8 Å². The van der Waals surface area contributed by atoms with Gasteiger partial charge in [-0.3, -0.25) is 4.79 Å². The van der Waals surface area contributed by atoms with Gasteiger partial charge >= 0.3 is 12.2 Å². The number of carbonyl (C=O) groups excluding carboxylic acids is 3. The Kier molecular flexibility index (Phi) is 28.8. The van der Waals surface area contributed by atoms with E-state index in [0.29, 0.717) is 44.8 Å². The minimum atomic E-state index is -0.597. The van der Waals surface area contributed by atoms with Crippen LogP contribution in [0.5, 0.6) is 0 Å². The number of pyridine rings is 2. The quantitative estimate of drug-likeness (QED) is 0.0635. The van der Waals surface area contributed by atoms with E-state index < -0.39 is 18.3 Å². The van der Waals surface area contributed by atoms with Gasteiger partial charge in [-0.1, -0.05) is 33.7 Å². The zero-order valence-corrected chi connectivity index (χ0v) is 31.0. The van der Waals surface area contributed by atoms with Gasteiger partial charge in [0.15, 0.2) is 0 Å². The number of Topliss-reactive ketones (excluding diaryl/α,β-unsaturated/α-hetero) is 1. The van der Waals surface area contributed by atoms with Crippen LogP contribution >= 0.6 is 55.8 Å². The second-order valence-electron chi connectivity index (χ2n) is 9.03. The summed E-state index contributed by atoms with van der Waals surface area (Å²) in [5, 5.41) is 6.69. The molecular formula is C30H46N4O8S5. The van der Waals surface area contributed by atoms with Crippen LogP contribution in [-0.2, 0) is 28.5 Å². The van der Waals surface area contributed by atoms with Gasteiger partial charge in [-0.05, 0) is 64.4 Å². The van der Waals surface area contributed by atoms with Gasteiger partial charge < -0.3 is 34.3 Å². The molecule has 0 bridgehead atoms. The van der Waals surface area contributed by atoms with E-state index in [0.717, 1.165) is 41.2 Å². The fourth-order valence-electron chi connectivity index (χ4n) is 3.05. The number of aromatic nitrogens is 2. The molecule has 0 aromatic carbocycles. The van der Waals surface area contributed by atoms with Gasteiger partial charge in [-0.15, -0.1) is 0 Å². The molecular weight excluding hydrogens is 705 g/mol. The van der Waals surface area contributed by atoms with Gasteiger partial charge in [0.1, 0.15) is 35.2 Å². The summed E-state index contributed by atoms with van der Waals surface area (Å²) in [6.07, 6.45) is 4.11. The average Bonchev–Trinajstić information content (AvgIpc) is 3.11. The zero-order valence-electron chi connectivity index (χ0n) is 26.8. The van der Waals surface area contributed by atoms with E-state index in [9.17, 15) is 14.4 Å². The molecule has 2 rings (SSSR count). The minimum absolute atomic E-state index is 0.0513. The van der Waals surface area contributed by atoms with Crippen molar-refractivity contribution in [2.75, 3.05) is 77.6 Å². The highest BCUT2D eigenvalue weighted by molar-refractivity contribution is 8.77. The summed E-state index contributed by atoms with van der Waals surface area (Å²) in [6, 6.07) is 11.9. The molecule has 0 saturated carbocycles. The molecule has 0 unspecified atom stereocenters. The molecule has 2 heterocycles. The first kappa shape index (κ1) is 43.2. The zero-order chi connectivity index (χ0) is 34.2. The predicted molar refractivity (Wildman–Crippen MR) is 195 cm³/mol. The van der Waals surface area contributed by atoms with Crippen molar-refractivity contribution in [1.82, 2.24) is 20.6 Å². The van der Waals surface area contributed by atoms with Crippen LogP contribution in [0.25, 0.3) is 0 Å². The van der Waals surface area contributed by atoms with E-state index in [-0.39, 0.29) is 19.0 Å². The Balaban J connectivity index is 0.000000471. The molecule has 0 aliphatic rings. The lowest BCUT2D eigenvalue weighted by molar-refractivity contribution is -0.119. The van der Waals surface area contributed by atoms with Crippen molar-refractivity contribution in [3.05, 3.63) is 48.8 Å². The van der Waals surface area contributed by atoms with Crippen molar-refractivity contribution >= 4 is 73.8 Å². The summed E-state index contributed by atoms with van der Waals surface area (Å²) in [4.78, 5) is 42.2. The number of ketones is 1. The third-order valence-electron chi connectivity index (χ3n) is 5.33. The molecule has 2 N–H and O–H groups in total. The topological polar surface area (TPSA) is 147 Å². The summed E-state index contributed by atoms with van der Waals surface area (Å²) in [5.74, 6) is 2.75. The van der Waals surface area contributed by atoms with Gasteiger partial charge in [0, 0.05) is 57.4 Å². The molecule has 2 amide bonds. The highest BCUT2D eigenvalue weighted by Gasteiger charge is 2.15. The number of alkyl carbamates (subject to hydrolysis) is 2. The Hall–Kier alpha value is -1.86. The molecule has 2 aromatic rings. The molecule has 0 spiro atoms. The minimum Gasteiger partial charge on any atom is -0.447 e. The maximum Gasteiger partial charge on any atom is 0.406 e. The van der Waals surface area contributed by atoms with Crippen LogP contribution in [0.15, 0.2) is 58.8 Å². The molecule has 47 heavy (non-hydrogen) atoms. The van der Waals surface area contributed by atoms with Crippen molar-refractivity contribution < 1.29 is 38.1 Å². The van der Waals surface area contributed by atoms with Crippen LogP contribution < -0.4 is 10.6 Å². The van der Waals surface area contributed by atoms with Crippen molar-refractivity contribution in [2.24, 2.45) is 0 Å². The Morgan fingerprint density at radius 1 is 0.745 bits per heavy atom. The molecule has 0 aliphatic heterocycles. The van der Waals surface area contributed by atoms with Crippen molar-refractivity contribution in [3.8, 4) is 0 Å². The lowest BCUT2D eigenvalue weighted by atomic mass is 10.1. The van der Waals surface area contributed by atoms with Gasteiger partial charge in [-0.2, -0.15) is 12.6 Å². The molecule has 0 saturated heterocycles. The van der Waals surface area contributed by atoms with Crippen LogP contribution in [0.2, 0.25) is 0 Å². The van der Waals surface area contributed by atoms with Crippen LogP contribution in [0, 0.1) is 0 Å². The highest BCUT2D eigenvalue weighted by atomic mass is 33.1. The maximum absolute atomic E-state index is 11.5. The molecule has 12 nitrogen and oxygen atoms in total. The SMILES string of the molecule is CNC(=O)OCC(COC(=O)NC)OCCCC(=O)CCCS.c1ccc(SSCCOCCOCCSSc2ccccn2)nc1. The highest BCUT2D eigenvalue weighted by Crippen LogP contribution is 2.29. The fourth-order valence-corrected chi connectivity index (χ4v) is 6.69. The first-order chi connectivity index (χ1) is 23.0. The molecule has 17 heteroatoms. The van der Waals surface area contributed by atoms with Crippen LogP contribution in [-0.4, -0.2) is 112 Å². The summed E-state index contributed by atoms with van der Waals surface area (Å²) < 4.78 is 26.4. The molecule has 2 aromatic heterocycles. The molecule has 0 aliphatic carbocycles. The largest absolute Gasteiger partial charge is 0.447 e. The molecule has 0 atom stereocenters. The van der Waals surface area contributed by atoms with E-state index in [1.54, 1.807) is 43.2 Å². The number of hydrogen-bond acceptors (Lipinski definition) is 15. The maximum atomic E-state index is 11.5. The number of carbonyl (C=O) groups is 3. The second-order valence-corrected chi connectivity index (χ2v) is 14.3. The predicted octanol–water partition coefficient (Wildman–Crippen LogP) is 5.83. The number of amides is 2. The normalized spacial score (nSPS) is 10.6. The Morgan fingerprint density at radius 2 is 1.26 bits per heavy atom. The molecule has 264 valence electrons. The third kappa shape index (κ3) is 26.7. The first-order valence-corrected chi connectivity index (χ1v) is 20.2. The van der Waals surface area contributed by atoms with Crippen molar-refractivity contribution in [1.29, 1.82) is 0 Å². The van der Waals surface area contributed by atoms with E-state index >= 15 is 0 Å². The van der Waals surface area contributed by atoms with Crippen molar-refractivity contribution in [3.63, 3.8) is 0 Å². The lowest BCUT2D eigenvalue weighted by Crippen LogP contribution is -2.33. The van der Waals surface area contributed by atoms with E-state index in [4.69, 9.17) is 23.7 Å². The third-order valence-corrected chi connectivity index (χ3v) is 10.1. The number of nitrogens with zero attached hydrogens (tertiary/aromatic N) is 2. The van der Waals surface area contributed by atoms with Crippen LogP contribution in [0.1, 0.15) is 25.7 Å². The molecule has 0 fully saturated rings. The van der Waals surface area contributed by atoms with Gasteiger partial charge in [0.25, 0.3) is 0 Å². The summed E-state index contributed by atoms with van der Waals surface area (Å²) in [6.45, 7) is 2.97. The number of ether oxygens (including phenoxy) is 5.